The van der Waals surface area contributed by atoms with E-state index in [1.807, 2.05) is 13.8 Å². The highest BCUT2D eigenvalue weighted by Gasteiger charge is 2.38. The van der Waals surface area contributed by atoms with E-state index >= 15 is 0 Å². The number of alkyl halides is 3. The Morgan fingerprint density at radius 1 is 1.00 bits per heavy atom. The summed E-state index contributed by atoms with van der Waals surface area (Å²) in [5, 5.41) is 4.88. The number of hydrogen-bond donors (Lipinski definition) is 2. The van der Waals surface area contributed by atoms with Crippen LogP contribution in [0, 0.1) is 13.8 Å². The van der Waals surface area contributed by atoms with Crippen molar-refractivity contribution in [1.82, 2.24) is 0 Å². The van der Waals surface area contributed by atoms with E-state index in [4.69, 9.17) is 16.3 Å². The van der Waals surface area contributed by atoms with Crippen LogP contribution in [0.15, 0.2) is 36.4 Å². The lowest BCUT2D eigenvalue weighted by molar-refractivity contribution is -0.167. The van der Waals surface area contributed by atoms with E-state index in [9.17, 15) is 22.8 Å². The van der Waals surface area contributed by atoms with Gasteiger partial charge < -0.3 is 15.4 Å². The first-order chi connectivity index (χ1) is 12.6. The van der Waals surface area contributed by atoms with Crippen LogP contribution in [0.1, 0.15) is 11.1 Å². The lowest BCUT2D eigenvalue weighted by atomic mass is 10.1. The summed E-state index contributed by atoms with van der Waals surface area (Å²) in [5.41, 5.74) is 1.95. The third-order valence-corrected chi connectivity index (χ3v) is 4.06. The Morgan fingerprint density at radius 2 is 1.48 bits per heavy atom. The Morgan fingerprint density at radius 3 is 1.96 bits per heavy atom. The first-order valence-electron chi connectivity index (χ1n) is 7.74. The Bertz CT molecular complexity index is 829. The van der Waals surface area contributed by atoms with Gasteiger partial charge in [-0.2, -0.15) is 13.2 Å². The molecular formula is C18H16ClF3N2O3. The van der Waals surface area contributed by atoms with Crippen molar-refractivity contribution in [3.8, 4) is 5.75 Å². The second-order valence-corrected chi connectivity index (χ2v) is 6.12. The van der Waals surface area contributed by atoms with Crippen molar-refractivity contribution in [2.75, 3.05) is 17.2 Å². The van der Waals surface area contributed by atoms with Gasteiger partial charge in [0.25, 0.3) is 5.91 Å². The van der Waals surface area contributed by atoms with Crippen LogP contribution in [0.5, 0.6) is 5.75 Å². The number of benzene rings is 2. The minimum atomic E-state index is -4.97. The van der Waals surface area contributed by atoms with Crippen LogP contribution in [0.4, 0.5) is 24.5 Å². The molecule has 2 rings (SSSR count). The molecule has 9 heteroatoms. The van der Waals surface area contributed by atoms with Gasteiger partial charge in [0.1, 0.15) is 5.75 Å². The maximum atomic E-state index is 12.2. The van der Waals surface area contributed by atoms with Crippen LogP contribution in [0.3, 0.4) is 0 Å². The second kappa shape index (κ2) is 8.30. The standard InChI is InChI=1S/C18H16ClF3N2O3/c1-10-7-14(8-11(2)16(10)19)27-9-15(25)23-12-3-5-13(6-4-12)24-17(26)18(20,21)22/h3-8H,9H2,1-2H3,(H,23,25)(H,24,26). The van der Waals surface area contributed by atoms with Crippen molar-refractivity contribution < 1.29 is 27.5 Å². The molecule has 144 valence electrons. The third kappa shape index (κ3) is 5.89. The van der Waals surface area contributed by atoms with Gasteiger partial charge in [0, 0.05) is 16.4 Å². The molecule has 0 saturated heterocycles. The molecule has 0 aliphatic rings. The Labute approximate surface area is 158 Å². The van der Waals surface area contributed by atoms with Crippen molar-refractivity contribution in [3.63, 3.8) is 0 Å². The Kier molecular flexibility index (Phi) is 6.32. The van der Waals surface area contributed by atoms with E-state index in [2.05, 4.69) is 5.32 Å². The van der Waals surface area contributed by atoms with E-state index in [-0.39, 0.29) is 12.3 Å². The first kappa shape index (κ1) is 20.6. The van der Waals surface area contributed by atoms with Gasteiger partial charge in [-0.3, -0.25) is 9.59 Å². The molecule has 0 unspecified atom stereocenters. The number of nitrogens with one attached hydrogen (secondary N) is 2. The summed E-state index contributed by atoms with van der Waals surface area (Å²) < 4.78 is 42.0. The number of carbonyl (C=O) groups excluding carboxylic acids is 2. The monoisotopic (exact) mass is 400 g/mol. The molecule has 5 nitrogen and oxygen atoms in total. The summed E-state index contributed by atoms with van der Waals surface area (Å²) in [7, 11) is 0. The smallest absolute Gasteiger partial charge is 0.471 e. The molecular weight excluding hydrogens is 385 g/mol. The molecule has 0 spiro atoms. The number of hydrogen-bond acceptors (Lipinski definition) is 3. The predicted molar refractivity (Wildman–Crippen MR) is 96.2 cm³/mol. The predicted octanol–water partition coefficient (Wildman–Crippen LogP) is 4.48. The molecule has 0 fully saturated rings. The Balaban J connectivity index is 1.90. The second-order valence-electron chi connectivity index (χ2n) is 5.74. The van der Waals surface area contributed by atoms with Gasteiger partial charge in [0.15, 0.2) is 6.61 Å². The highest BCUT2D eigenvalue weighted by Crippen LogP contribution is 2.26. The fourth-order valence-corrected chi connectivity index (χ4v) is 2.28. The molecule has 2 N–H and O–H groups in total. The van der Waals surface area contributed by atoms with Crippen LogP contribution in [-0.4, -0.2) is 24.6 Å². The maximum absolute atomic E-state index is 12.2. The van der Waals surface area contributed by atoms with E-state index in [0.29, 0.717) is 16.5 Å². The number of rotatable bonds is 5. The number of anilines is 2. The van der Waals surface area contributed by atoms with Gasteiger partial charge in [-0.1, -0.05) is 11.6 Å². The van der Waals surface area contributed by atoms with Gasteiger partial charge in [0.2, 0.25) is 0 Å². The van der Waals surface area contributed by atoms with Crippen molar-refractivity contribution in [3.05, 3.63) is 52.5 Å². The molecule has 2 aromatic rings. The third-order valence-electron chi connectivity index (χ3n) is 3.46. The SMILES string of the molecule is Cc1cc(OCC(=O)Nc2ccc(NC(=O)C(F)(F)F)cc2)cc(C)c1Cl. The van der Waals surface area contributed by atoms with E-state index in [1.165, 1.54) is 24.3 Å². The van der Waals surface area contributed by atoms with E-state index in [0.717, 1.165) is 11.1 Å². The van der Waals surface area contributed by atoms with E-state index in [1.54, 1.807) is 17.4 Å². The molecule has 2 amide bonds. The summed E-state index contributed by atoms with van der Waals surface area (Å²) in [6.07, 6.45) is -4.97. The molecule has 0 aromatic heterocycles. The zero-order valence-corrected chi connectivity index (χ0v) is 15.2. The van der Waals surface area contributed by atoms with E-state index < -0.39 is 18.0 Å². The molecule has 0 saturated carbocycles. The molecule has 0 aliphatic heterocycles. The minimum Gasteiger partial charge on any atom is -0.484 e. The van der Waals surface area contributed by atoms with Crippen LogP contribution >= 0.6 is 11.6 Å². The molecule has 27 heavy (non-hydrogen) atoms. The fourth-order valence-electron chi connectivity index (χ4n) is 2.17. The normalized spacial score (nSPS) is 11.0. The quantitative estimate of drug-likeness (QED) is 0.777. The molecule has 0 radical (unpaired) electrons. The summed E-state index contributed by atoms with van der Waals surface area (Å²) in [4.78, 5) is 22.8. The lowest BCUT2D eigenvalue weighted by Gasteiger charge is -2.11. The molecule has 0 aliphatic carbocycles. The molecule has 0 atom stereocenters. The van der Waals surface area contributed by atoms with Crippen LogP contribution < -0.4 is 15.4 Å². The number of amides is 2. The van der Waals surface area contributed by atoms with Gasteiger partial charge >= 0.3 is 12.1 Å². The lowest BCUT2D eigenvalue weighted by Crippen LogP contribution is -2.29. The summed E-state index contributed by atoms with van der Waals surface area (Å²) in [5.74, 6) is -2.02. The van der Waals surface area contributed by atoms with Crippen LogP contribution in [-0.2, 0) is 9.59 Å². The van der Waals surface area contributed by atoms with Gasteiger partial charge in [0.05, 0.1) is 0 Å². The van der Waals surface area contributed by atoms with Crippen LogP contribution in [0.25, 0.3) is 0 Å². The van der Waals surface area contributed by atoms with Gasteiger partial charge in [-0.15, -0.1) is 0 Å². The summed E-state index contributed by atoms with van der Waals surface area (Å²) >= 11 is 6.07. The average Bonchev–Trinajstić information content (AvgIpc) is 2.58. The topological polar surface area (TPSA) is 67.4 Å². The highest BCUT2D eigenvalue weighted by molar-refractivity contribution is 6.32. The number of halogens is 4. The van der Waals surface area contributed by atoms with Crippen molar-refractivity contribution in [2.45, 2.75) is 20.0 Å². The van der Waals surface area contributed by atoms with Gasteiger partial charge in [-0.25, -0.2) is 0 Å². The first-order valence-corrected chi connectivity index (χ1v) is 8.11. The van der Waals surface area contributed by atoms with Crippen molar-refractivity contribution >= 4 is 34.8 Å². The Hall–Kier alpha value is -2.74. The summed E-state index contributed by atoms with van der Waals surface area (Å²) in [6.45, 7) is 3.38. The average molecular weight is 401 g/mol. The van der Waals surface area contributed by atoms with Crippen molar-refractivity contribution in [1.29, 1.82) is 0 Å². The van der Waals surface area contributed by atoms with Crippen molar-refractivity contribution in [2.24, 2.45) is 0 Å². The molecule has 0 bridgehead atoms. The minimum absolute atomic E-state index is 0.0429. The van der Waals surface area contributed by atoms with Gasteiger partial charge in [-0.05, 0) is 61.4 Å². The maximum Gasteiger partial charge on any atom is 0.471 e. The molecule has 0 heterocycles. The fraction of sp³-hybridized carbons (Fsp3) is 0.222. The number of ether oxygens (including phenoxy) is 1. The summed E-state index contributed by atoms with van der Waals surface area (Å²) in [6, 6.07) is 8.63. The zero-order valence-electron chi connectivity index (χ0n) is 14.4. The van der Waals surface area contributed by atoms with Crippen LogP contribution in [0.2, 0.25) is 5.02 Å². The zero-order chi connectivity index (χ0) is 20.2. The number of carbonyl (C=O) groups is 2. The molecule has 2 aromatic carbocycles. The largest absolute Gasteiger partial charge is 0.484 e. The highest BCUT2D eigenvalue weighted by atomic mass is 35.5. The number of aryl methyl sites for hydroxylation is 2.